The number of fused-ring (bicyclic) bond motifs is 5. The van der Waals surface area contributed by atoms with Gasteiger partial charge in [-0.1, -0.05) is 48.5 Å². The van der Waals surface area contributed by atoms with E-state index in [1.54, 1.807) is 0 Å². The summed E-state index contributed by atoms with van der Waals surface area (Å²) >= 11 is 0. The van der Waals surface area contributed by atoms with Gasteiger partial charge >= 0.3 is 5.97 Å². The molecule has 2 aliphatic heterocycles. The van der Waals surface area contributed by atoms with Crippen molar-refractivity contribution in [1.29, 1.82) is 0 Å². The Labute approximate surface area is 159 Å². The van der Waals surface area contributed by atoms with Crippen LogP contribution >= 0.6 is 0 Å². The highest BCUT2D eigenvalue weighted by atomic mass is 16.6. The Hall–Kier alpha value is -2.43. The Morgan fingerprint density at radius 2 is 1.44 bits per heavy atom. The summed E-state index contributed by atoms with van der Waals surface area (Å²) in [6.45, 7) is 0. The molecule has 0 saturated carbocycles. The van der Waals surface area contributed by atoms with E-state index in [0.717, 1.165) is 28.5 Å². The third-order valence-electron chi connectivity index (χ3n) is 6.77. The normalized spacial score (nSPS) is 28.5. The van der Waals surface area contributed by atoms with Gasteiger partial charge in [0.1, 0.15) is 18.2 Å². The Bertz CT molecular complexity index is 898. The second-order valence-corrected chi connectivity index (χ2v) is 8.45. The van der Waals surface area contributed by atoms with Crippen molar-refractivity contribution in [2.75, 3.05) is 14.1 Å². The van der Waals surface area contributed by atoms with E-state index >= 15 is 0 Å². The molecule has 2 aromatic carbocycles. The zero-order chi connectivity index (χ0) is 18.8. The maximum Gasteiger partial charge on any atom is 0.348 e. The number of carbonyl (C=O) groups is 1. The van der Waals surface area contributed by atoms with Crippen LogP contribution in [0.4, 0.5) is 0 Å². The fraction of sp³-hybridized carbons (Fsp3) is 0.348. The van der Waals surface area contributed by atoms with Crippen molar-refractivity contribution in [2.24, 2.45) is 0 Å². The largest absolute Gasteiger partial charge is 0.459 e. The van der Waals surface area contributed by atoms with E-state index in [4.69, 9.17) is 4.74 Å². The van der Waals surface area contributed by atoms with Crippen molar-refractivity contribution < 1.29 is 19.1 Å². The van der Waals surface area contributed by atoms with Gasteiger partial charge in [-0.2, -0.15) is 0 Å². The van der Waals surface area contributed by atoms with Crippen LogP contribution in [-0.4, -0.2) is 47.8 Å². The van der Waals surface area contributed by atoms with Gasteiger partial charge in [0.15, 0.2) is 0 Å². The number of likely N-dealkylation sites (N-methyl/N-ethyl adjacent to an activating group) is 1. The summed E-state index contributed by atoms with van der Waals surface area (Å²) < 4.78 is 6.85. The summed E-state index contributed by atoms with van der Waals surface area (Å²) in [6.07, 6.45) is 5.91. The number of carbonyl (C=O) groups excluding carboxylic acids is 1. The van der Waals surface area contributed by atoms with Crippen molar-refractivity contribution in [3.05, 3.63) is 71.8 Å². The number of hydrogen-bond acceptors (Lipinski definition) is 3. The number of ether oxygens (including phenoxy) is 1. The molecule has 0 amide bonds. The lowest BCUT2D eigenvalue weighted by molar-refractivity contribution is -0.926. The molecule has 2 unspecified atom stereocenters. The van der Waals surface area contributed by atoms with E-state index in [1.807, 2.05) is 48.5 Å². The molecule has 138 valence electrons. The Morgan fingerprint density at radius 1 is 0.963 bits per heavy atom. The molecule has 1 saturated heterocycles. The number of quaternary nitrogens is 1. The highest BCUT2D eigenvalue weighted by Gasteiger charge is 2.52. The van der Waals surface area contributed by atoms with Gasteiger partial charge < -0.3 is 14.3 Å². The highest BCUT2D eigenvalue weighted by molar-refractivity contribution is 5.96. The van der Waals surface area contributed by atoms with Crippen LogP contribution in [0, 0.1) is 0 Å². The molecule has 1 N–H and O–H groups in total. The number of hydrogen-bond donors (Lipinski definition) is 1. The first-order valence-corrected chi connectivity index (χ1v) is 9.57. The Balaban J connectivity index is 1.47. The average Bonchev–Trinajstić information content (AvgIpc) is 2.96. The van der Waals surface area contributed by atoms with E-state index in [1.165, 1.54) is 0 Å². The quantitative estimate of drug-likeness (QED) is 0.508. The first kappa shape index (κ1) is 16.7. The van der Waals surface area contributed by atoms with E-state index < -0.39 is 11.6 Å². The van der Waals surface area contributed by atoms with E-state index in [0.29, 0.717) is 23.2 Å². The molecule has 3 aliphatic rings. The van der Waals surface area contributed by atoms with Gasteiger partial charge in [0.25, 0.3) is 0 Å². The lowest BCUT2D eigenvalue weighted by Crippen LogP contribution is -2.57. The van der Waals surface area contributed by atoms with Gasteiger partial charge in [-0.05, 0) is 23.3 Å². The van der Waals surface area contributed by atoms with Crippen molar-refractivity contribution in [1.82, 2.24) is 0 Å². The van der Waals surface area contributed by atoms with Crippen LogP contribution in [0.25, 0.3) is 11.1 Å². The number of aliphatic hydroxyl groups is 1. The average molecular weight is 362 g/mol. The third-order valence-corrected chi connectivity index (χ3v) is 6.77. The van der Waals surface area contributed by atoms with Gasteiger partial charge in [0.05, 0.1) is 14.1 Å². The molecule has 2 heterocycles. The topological polar surface area (TPSA) is 46.5 Å². The molecular weight excluding hydrogens is 338 g/mol. The van der Waals surface area contributed by atoms with Crippen LogP contribution in [-0.2, 0) is 15.1 Å². The molecule has 2 aromatic rings. The number of esters is 1. The van der Waals surface area contributed by atoms with Gasteiger partial charge in [0, 0.05) is 24.0 Å². The highest BCUT2D eigenvalue weighted by Crippen LogP contribution is 2.48. The maximum atomic E-state index is 13.3. The molecule has 0 radical (unpaired) electrons. The van der Waals surface area contributed by atoms with Gasteiger partial charge in [-0.3, -0.25) is 0 Å². The zero-order valence-electron chi connectivity index (χ0n) is 15.6. The van der Waals surface area contributed by atoms with Crippen LogP contribution in [0.15, 0.2) is 60.7 Å². The molecule has 0 aromatic heterocycles. The predicted octanol–water partition coefficient (Wildman–Crippen LogP) is 2.99. The molecule has 2 atom stereocenters. The molecule has 0 spiro atoms. The molecule has 1 aliphatic carbocycles. The van der Waals surface area contributed by atoms with Crippen molar-refractivity contribution in [3.63, 3.8) is 0 Å². The van der Waals surface area contributed by atoms with Crippen LogP contribution < -0.4 is 0 Å². The van der Waals surface area contributed by atoms with Gasteiger partial charge in [-0.25, -0.2) is 4.79 Å². The van der Waals surface area contributed by atoms with Crippen LogP contribution in [0.5, 0.6) is 0 Å². The van der Waals surface area contributed by atoms with Crippen molar-refractivity contribution >= 4 is 5.97 Å². The van der Waals surface area contributed by atoms with Gasteiger partial charge in [0.2, 0.25) is 5.60 Å². The monoisotopic (exact) mass is 362 g/mol. The minimum Gasteiger partial charge on any atom is -0.459 e. The maximum absolute atomic E-state index is 13.3. The molecule has 1 fully saturated rings. The smallest absolute Gasteiger partial charge is 0.348 e. The minimum absolute atomic E-state index is 0.169. The summed E-state index contributed by atoms with van der Waals surface area (Å²) in [5.41, 5.74) is 1.29. The molecular formula is C23H24NO3+. The summed E-state index contributed by atoms with van der Waals surface area (Å²) in [4.78, 5) is 13.3. The molecule has 4 heteroatoms. The van der Waals surface area contributed by atoms with Crippen molar-refractivity contribution in [2.45, 2.75) is 36.6 Å². The van der Waals surface area contributed by atoms with E-state index in [9.17, 15) is 9.90 Å². The second kappa shape index (κ2) is 5.54. The van der Waals surface area contributed by atoms with Crippen molar-refractivity contribution in [3.8, 4) is 11.1 Å². The molecule has 27 heavy (non-hydrogen) atoms. The SMILES string of the molecule is C[N+]1(C)C2C=CC1CC(OC(=O)C1(O)c3ccccc3-c3ccccc31)C2. The number of benzene rings is 2. The lowest BCUT2D eigenvalue weighted by atomic mass is 9.91. The molecule has 5 rings (SSSR count). The summed E-state index contributed by atoms with van der Waals surface area (Å²) in [5, 5.41) is 11.6. The van der Waals surface area contributed by atoms with E-state index in [-0.39, 0.29) is 6.10 Å². The number of rotatable bonds is 2. The van der Waals surface area contributed by atoms with E-state index in [2.05, 4.69) is 26.2 Å². The lowest BCUT2D eigenvalue weighted by Gasteiger charge is -2.44. The number of nitrogens with zero attached hydrogens (tertiary/aromatic N) is 1. The molecule has 4 nitrogen and oxygen atoms in total. The first-order valence-electron chi connectivity index (χ1n) is 9.57. The third kappa shape index (κ3) is 2.20. The fourth-order valence-corrected chi connectivity index (χ4v) is 5.05. The van der Waals surface area contributed by atoms with Crippen LogP contribution in [0.2, 0.25) is 0 Å². The minimum atomic E-state index is -1.73. The molecule has 2 bridgehead atoms. The predicted molar refractivity (Wildman–Crippen MR) is 103 cm³/mol. The Morgan fingerprint density at radius 3 is 1.96 bits per heavy atom. The Kier molecular flexibility index (Phi) is 3.43. The fourth-order valence-electron chi connectivity index (χ4n) is 5.05. The zero-order valence-corrected chi connectivity index (χ0v) is 15.6. The van der Waals surface area contributed by atoms with Crippen LogP contribution in [0.3, 0.4) is 0 Å². The number of piperidine rings is 1. The summed E-state index contributed by atoms with van der Waals surface area (Å²) in [6, 6.07) is 15.8. The summed E-state index contributed by atoms with van der Waals surface area (Å²) in [5.74, 6) is -0.559. The summed E-state index contributed by atoms with van der Waals surface area (Å²) in [7, 11) is 4.45. The standard InChI is InChI=1S/C23H24NO3/c1-24(2)15-11-12-16(24)14-17(13-15)27-22(25)23(26)20-9-5-3-7-18(20)19-8-4-6-10-21(19)23/h3-12,15-17,26H,13-14H2,1-2H3/q+1. The second-order valence-electron chi connectivity index (χ2n) is 8.45. The van der Waals surface area contributed by atoms with Crippen LogP contribution in [0.1, 0.15) is 24.0 Å². The van der Waals surface area contributed by atoms with Gasteiger partial charge in [-0.15, -0.1) is 0 Å². The first-order chi connectivity index (χ1) is 12.9.